The van der Waals surface area contributed by atoms with Gasteiger partial charge in [0.25, 0.3) is 0 Å². The Morgan fingerprint density at radius 3 is 1.92 bits per heavy atom. The van der Waals surface area contributed by atoms with E-state index in [1.165, 1.54) is 6.42 Å². The van der Waals surface area contributed by atoms with Crippen molar-refractivity contribution in [1.82, 2.24) is 10.2 Å². The summed E-state index contributed by atoms with van der Waals surface area (Å²) in [4.78, 5) is 2.54. The van der Waals surface area contributed by atoms with Crippen LogP contribution in [0, 0.1) is 0 Å². The molecule has 0 aromatic rings. The normalized spacial score (nSPS) is 18.7. The third kappa shape index (κ3) is 2.68. The van der Waals surface area contributed by atoms with Gasteiger partial charge in [0.1, 0.15) is 0 Å². The molecular weight excluding hydrogens is 160 g/mol. The van der Waals surface area contributed by atoms with Crippen molar-refractivity contribution < 1.29 is 0 Å². The van der Waals surface area contributed by atoms with Gasteiger partial charge in [-0.25, -0.2) is 0 Å². The maximum absolute atomic E-state index is 3.36. The lowest BCUT2D eigenvalue weighted by atomic mass is 9.88. The Labute approximate surface area is 83.7 Å². The first-order chi connectivity index (χ1) is 6.06. The van der Waals surface area contributed by atoms with Gasteiger partial charge in [-0.15, -0.1) is 0 Å². The lowest BCUT2D eigenvalue weighted by molar-refractivity contribution is 0.0796. The Morgan fingerprint density at radius 2 is 1.69 bits per heavy atom. The predicted molar refractivity (Wildman–Crippen MR) is 60.1 cm³/mol. The van der Waals surface area contributed by atoms with Crippen LogP contribution < -0.4 is 5.32 Å². The van der Waals surface area contributed by atoms with Crippen LogP contribution in [0.2, 0.25) is 0 Å². The topological polar surface area (TPSA) is 15.3 Å². The minimum atomic E-state index is 0.290. The molecule has 0 rings (SSSR count). The molecule has 2 atom stereocenters. The number of nitrogens with one attached hydrogen (secondary N) is 1. The summed E-state index contributed by atoms with van der Waals surface area (Å²) in [5.41, 5.74) is 0.290. The highest BCUT2D eigenvalue weighted by atomic mass is 15.2. The molecule has 0 aliphatic heterocycles. The van der Waals surface area contributed by atoms with Crippen LogP contribution in [-0.4, -0.2) is 36.6 Å². The first-order valence-electron chi connectivity index (χ1n) is 5.49. The van der Waals surface area contributed by atoms with Crippen molar-refractivity contribution in [2.75, 3.05) is 20.1 Å². The summed E-state index contributed by atoms with van der Waals surface area (Å²) in [5.74, 6) is 0. The highest BCUT2D eigenvalue weighted by Crippen LogP contribution is 2.22. The molecule has 0 saturated heterocycles. The largest absolute Gasteiger partial charge is 0.315 e. The zero-order chi connectivity index (χ0) is 10.5. The second-order valence-electron chi connectivity index (χ2n) is 3.89. The molecule has 0 aliphatic carbocycles. The van der Waals surface area contributed by atoms with E-state index in [0.717, 1.165) is 13.1 Å². The van der Waals surface area contributed by atoms with E-state index in [-0.39, 0.29) is 5.54 Å². The molecule has 80 valence electrons. The number of likely N-dealkylation sites (N-methyl/N-ethyl adjacent to an activating group) is 2. The number of nitrogens with zero attached hydrogens (tertiary/aromatic N) is 1. The van der Waals surface area contributed by atoms with E-state index in [1.54, 1.807) is 0 Å². The Bertz CT molecular complexity index is 132. The van der Waals surface area contributed by atoms with Gasteiger partial charge in [0.15, 0.2) is 0 Å². The van der Waals surface area contributed by atoms with E-state index in [4.69, 9.17) is 0 Å². The number of hydrogen-bond donors (Lipinski definition) is 1. The second kappa shape index (κ2) is 5.61. The lowest BCUT2D eigenvalue weighted by Gasteiger charge is -2.44. The molecule has 1 N–H and O–H groups in total. The van der Waals surface area contributed by atoms with Gasteiger partial charge in [-0.05, 0) is 40.4 Å². The first kappa shape index (κ1) is 12.9. The number of rotatable bonds is 6. The Hall–Kier alpha value is -0.0800. The van der Waals surface area contributed by atoms with E-state index in [0.29, 0.717) is 6.04 Å². The average molecular weight is 186 g/mol. The van der Waals surface area contributed by atoms with E-state index in [9.17, 15) is 0 Å². The third-order valence-electron chi connectivity index (χ3n) is 3.57. The van der Waals surface area contributed by atoms with Gasteiger partial charge in [0, 0.05) is 11.6 Å². The highest BCUT2D eigenvalue weighted by molar-refractivity contribution is 4.92. The molecule has 0 amide bonds. The molecule has 0 fully saturated rings. The van der Waals surface area contributed by atoms with Crippen LogP contribution in [0.15, 0.2) is 0 Å². The molecule has 13 heavy (non-hydrogen) atoms. The zero-order valence-corrected chi connectivity index (χ0v) is 10.1. The van der Waals surface area contributed by atoms with Gasteiger partial charge in [-0.2, -0.15) is 0 Å². The van der Waals surface area contributed by atoms with Crippen LogP contribution in [0.1, 0.15) is 41.0 Å². The fourth-order valence-electron chi connectivity index (χ4n) is 2.06. The predicted octanol–water partition coefficient (Wildman–Crippen LogP) is 2.10. The zero-order valence-electron chi connectivity index (χ0n) is 10.1. The van der Waals surface area contributed by atoms with Gasteiger partial charge in [-0.3, -0.25) is 4.90 Å². The molecule has 0 saturated carbocycles. The molecular formula is C11H26N2. The molecule has 2 heteroatoms. The standard InChI is InChI=1S/C11H26N2/c1-7-11(5,10(4)12-6)13(8-2)9-3/h10,12H,7-9H2,1-6H3. The molecule has 0 radical (unpaired) electrons. The molecule has 2 nitrogen and oxygen atoms in total. The Morgan fingerprint density at radius 1 is 1.23 bits per heavy atom. The molecule has 0 bridgehead atoms. The van der Waals surface area contributed by atoms with Crippen LogP contribution in [-0.2, 0) is 0 Å². The summed E-state index contributed by atoms with van der Waals surface area (Å²) in [7, 11) is 2.04. The average Bonchev–Trinajstić information content (AvgIpc) is 2.17. The lowest BCUT2D eigenvalue weighted by Crippen LogP contribution is -2.57. The quantitative estimate of drug-likeness (QED) is 0.683. The smallest absolute Gasteiger partial charge is 0.0328 e. The Kier molecular flexibility index (Phi) is 5.57. The minimum absolute atomic E-state index is 0.290. The summed E-state index contributed by atoms with van der Waals surface area (Å²) < 4.78 is 0. The van der Waals surface area contributed by atoms with Crippen molar-refractivity contribution in [2.45, 2.75) is 52.6 Å². The van der Waals surface area contributed by atoms with Crippen molar-refractivity contribution >= 4 is 0 Å². The van der Waals surface area contributed by atoms with Crippen molar-refractivity contribution in [1.29, 1.82) is 0 Å². The van der Waals surface area contributed by atoms with Crippen molar-refractivity contribution in [3.63, 3.8) is 0 Å². The van der Waals surface area contributed by atoms with Gasteiger partial charge in [0.2, 0.25) is 0 Å². The summed E-state index contributed by atoms with van der Waals surface area (Å²) in [6, 6.07) is 0.539. The van der Waals surface area contributed by atoms with Crippen LogP contribution in [0.25, 0.3) is 0 Å². The fraction of sp³-hybridized carbons (Fsp3) is 1.00. The monoisotopic (exact) mass is 186 g/mol. The number of hydrogen-bond acceptors (Lipinski definition) is 2. The van der Waals surface area contributed by atoms with E-state index < -0.39 is 0 Å². The van der Waals surface area contributed by atoms with Crippen LogP contribution >= 0.6 is 0 Å². The van der Waals surface area contributed by atoms with Gasteiger partial charge in [-0.1, -0.05) is 20.8 Å². The van der Waals surface area contributed by atoms with Gasteiger partial charge < -0.3 is 5.32 Å². The van der Waals surface area contributed by atoms with Crippen LogP contribution in [0.3, 0.4) is 0 Å². The summed E-state index contributed by atoms with van der Waals surface area (Å²) >= 11 is 0. The summed E-state index contributed by atoms with van der Waals surface area (Å²) in [6.45, 7) is 13.6. The van der Waals surface area contributed by atoms with E-state index >= 15 is 0 Å². The van der Waals surface area contributed by atoms with Crippen molar-refractivity contribution in [3.8, 4) is 0 Å². The minimum Gasteiger partial charge on any atom is -0.315 e. The SMILES string of the molecule is CCN(CC)C(C)(CC)C(C)NC. The summed E-state index contributed by atoms with van der Waals surface area (Å²) in [6.07, 6.45) is 1.19. The first-order valence-corrected chi connectivity index (χ1v) is 5.49. The third-order valence-corrected chi connectivity index (χ3v) is 3.57. The highest BCUT2D eigenvalue weighted by Gasteiger charge is 2.32. The second-order valence-corrected chi connectivity index (χ2v) is 3.89. The van der Waals surface area contributed by atoms with Gasteiger partial charge in [0.05, 0.1) is 0 Å². The van der Waals surface area contributed by atoms with E-state index in [1.807, 2.05) is 7.05 Å². The van der Waals surface area contributed by atoms with Crippen LogP contribution in [0.5, 0.6) is 0 Å². The molecule has 0 spiro atoms. The maximum atomic E-state index is 3.36. The molecule has 0 aliphatic rings. The molecule has 0 heterocycles. The summed E-state index contributed by atoms with van der Waals surface area (Å²) in [5, 5.41) is 3.36. The van der Waals surface area contributed by atoms with Crippen LogP contribution in [0.4, 0.5) is 0 Å². The maximum Gasteiger partial charge on any atom is 0.0328 e. The van der Waals surface area contributed by atoms with Crippen molar-refractivity contribution in [3.05, 3.63) is 0 Å². The molecule has 0 aromatic carbocycles. The van der Waals surface area contributed by atoms with Crippen molar-refractivity contribution in [2.24, 2.45) is 0 Å². The van der Waals surface area contributed by atoms with Gasteiger partial charge >= 0.3 is 0 Å². The van der Waals surface area contributed by atoms with E-state index in [2.05, 4.69) is 44.8 Å². The fourth-order valence-corrected chi connectivity index (χ4v) is 2.06. The molecule has 0 aromatic heterocycles. The molecule has 2 unspecified atom stereocenters. The Balaban J connectivity index is 4.57.